The van der Waals surface area contributed by atoms with Crippen LogP contribution in [0.3, 0.4) is 0 Å². The van der Waals surface area contributed by atoms with Gasteiger partial charge in [0.15, 0.2) is 0 Å². The number of ether oxygens (including phenoxy) is 1. The number of carbonyl (C=O) groups is 1. The van der Waals surface area contributed by atoms with Crippen LogP contribution in [0.1, 0.15) is 39.8 Å². The monoisotopic (exact) mass is 278 g/mol. The van der Waals surface area contributed by atoms with E-state index in [1.54, 1.807) is 0 Å². The van der Waals surface area contributed by atoms with E-state index in [4.69, 9.17) is 10.5 Å². The summed E-state index contributed by atoms with van der Waals surface area (Å²) in [7, 11) is 0. The number of nitrogens with zero attached hydrogens (tertiary/aromatic N) is 1. The number of esters is 1. The zero-order chi connectivity index (χ0) is 14.2. The van der Waals surface area contributed by atoms with E-state index in [-0.39, 0.29) is 5.97 Å². The van der Waals surface area contributed by atoms with Gasteiger partial charge in [-0.3, -0.25) is 0 Å². The number of nitrogens with two attached hydrogens (primary N) is 1. The van der Waals surface area contributed by atoms with Gasteiger partial charge in [-0.2, -0.15) is 0 Å². The van der Waals surface area contributed by atoms with Crippen LogP contribution in [0.25, 0.3) is 10.2 Å². The Labute approximate surface area is 116 Å². The lowest BCUT2D eigenvalue weighted by atomic mass is 10.1. The molecule has 0 fully saturated rings. The fraction of sp³-hybridized carbons (Fsp3) is 0.429. The summed E-state index contributed by atoms with van der Waals surface area (Å²) in [6.07, 6.45) is 0.798. The summed E-state index contributed by atoms with van der Waals surface area (Å²) < 4.78 is 5.15. The van der Waals surface area contributed by atoms with Crippen molar-refractivity contribution in [3.05, 3.63) is 21.7 Å². The Hall–Kier alpha value is -1.62. The first-order valence-corrected chi connectivity index (χ1v) is 7.11. The molecule has 0 bridgehead atoms. The quantitative estimate of drug-likeness (QED) is 0.874. The van der Waals surface area contributed by atoms with Crippen LogP contribution in [0, 0.1) is 20.8 Å². The fourth-order valence-corrected chi connectivity index (χ4v) is 3.07. The summed E-state index contributed by atoms with van der Waals surface area (Å²) in [5, 5.41) is 0.886. The van der Waals surface area contributed by atoms with Gasteiger partial charge in [-0.15, -0.1) is 11.3 Å². The van der Waals surface area contributed by atoms with Crippen molar-refractivity contribution in [2.24, 2.45) is 0 Å². The molecule has 0 saturated heterocycles. The van der Waals surface area contributed by atoms with Gasteiger partial charge in [0.2, 0.25) is 0 Å². The maximum atomic E-state index is 12.0. The lowest BCUT2D eigenvalue weighted by Gasteiger charge is -2.05. The van der Waals surface area contributed by atoms with Crippen molar-refractivity contribution >= 4 is 33.2 Å². The highest BCUT2D eigenvalue weighted by Gasteiger charge is 2.20. The number of thiophene rings is 1. The molecular weight excluding hydrogens is 260 g/mol. The number of carbonyl (C=O) groups excluding carboxylic acids is 1. The molecule has 2 N–H and O–H groups in total. The summed E-state index contributed by atoms with van der Waals surface area (Å²) in [6.45, 7) is 8.36. The summed E-state index contributed by atoms with van der Waals surface area (Å²) in [6, 6.07) is 0. The molecule has 0 radical (unpaired) electrons. The lowest BCUT2D eigenvalue weighted by molar-refractivity contribution is 0.0512. The molecule has 2 aromatic heterocycles. The SMILES string of the molecule is CCCOC(=O)c1sc2nc(C)c(C)c(C)c2c1N. The Kier molecular flexibility index (Phi) is 3.75. The van der Waals surface area contributed by atoms with E-state index in [9.17, 15) is 4.79 Å². The van der Waals surface area contributed by atoms with Gasteiger partial charge in [-0.05, 0) is 38.3 Å². The van der Waals surface area contributed by atoms with E-state index in [1.165, 1.54) is 11.3 Å². The number of pyridine rings is 1. The molecule has 4 nitrogen and oxygen atoms in total. The molecule has 0 aliphatic carbocycles. The van der Waals surface area contributed by atoms with Crippen LogP contribution in [0.4, 0.5) is 5.69 Å². The molecule has 0 aromatic carbocycles. The first-order valence-electron chi connectivity index (χ1n) is 6.30. The summed E-state index contributed by atoms with van der Waals surface area (Å²) in [5.41, 5.74) is 9.77. The second-order valence-corrected chi connectivity index (χ2v) is 5.61. The fourth-order valence-electron chi connectivity index (χ4n) is 1.98. The second-order valence-electron chi connectivity index (χ2n) is 4.61. The van der Waals surface area contributed by atoms with Gasteiger partial charge in [0.05, 0.1) is 12.3 Å². The van der Waals surface area contributed by atoms with Gasteiger partial charge in [-0.25, -0.2) is 9.78 Å². The number of hydrogen-bond donors (Lipinski definition) is 1. The van der Waals surface area contributed by atoms with E-state index >= 15 is 0 Å². The van der Waals surface area contributed by atoms with E-state index < -0.39 is 0 Å². The minimum atomic E-state index is -0.350. The van der Waals surface area contributed by atoms with Gasteiger partial charge >= 0.3 is 5.97 Å². The topological polar surface area (TPSA) is 65.2 Å². The molecule has 5 heteroatoms. The average Bonchev–Trinajstić information content (AvgIpc) is 2.70. The summed E-state index contributed by atoms with van der Waals surface area (Å²) >= 11 is 1.31. The molecule has 2 heterocycles. The van der Waals surface area contributed by atoms with Crippen LogP contribution >= 0.6 is 11.3 Å². The Morgan fingerprint density at radius 2 is 2.00 bits per heavy atom. The summed E-state index contributed by atoms with van der Waals surface area (Å²) in [5.74, 6) is -0.350. The Morgan fingerprint density at radius 1 is 1.32 bits per heavy atom. The number of aryl methyl sites for hydroxylation is 2. The van der Waals surface area contributed by atoms with Gasteiger partial charge in [0.1, 0.15) is 9.71 Å². The maximum absolute atomic E-state index is 12.0. The number of anilines is 1. The van der Waals surface area contributed by atoms with Crippen molar-refractivity contribution in [1.29, 1.82) is 0 Å². The first kappa shape index (κ1) is 13.8. The summed E-state index contributed by atoms with van der Waals surface area (Å²) in [4.78, 5) is 17.7. The molecule has 2 aromatic rings. The van der Waals surface area contributed by atoms with Crippen molar-refractivity contribution in [3.8, 4) is 0 Å². The van der Waals surface area contributed by atoms with E-state index in [0.717, 1.165) is 33.5 Å². The highest BCUT2D eigenvalue weighted by atomic mass is 32.1. The number of rotatable bonds is 3. The van der Waals surface area contributed by atoms with Crippen molar-refractivity contribution in [1.82, 2.24) is 4.98 Å². The van der Waals surface area contributed by atoms with E-state index in [2.05, 4.69) is 4.98 Å². The molecule has 0 aliphatic rings. The Balaban J connectivity index is 2.57. The molecule has 0 saturated carbocycles. The third-order valence-corrected chi connectivity index (χ3v) is 4.38. The lowest BCUT2D eigenvalue weighted by Crippen LogP contribution is -2.06. The third kappa shape index (κ3) is 2.30. The molecule has 0 unspecified atom stereocenters. The minimum absolute atomic E-state index is 0.350. The van der Waals surface area contributed by atoms with Gasteiger partial charge in [0, 0.05) is 11.1 Å². The molecular formula is C14H18N2O2S. The minimum Gasteiger partial charge on any atom is -0.461 e. The zero-order valence-corrected chi connectivity index (χ0v) is 12.5. The van der Waals surface area contributed by atoms with Crippen LogP contribution < -0.4 is 5.73 Å². The zero-order valence-electron chi connectivity index (χ0n) is 11.7. The van der Waals surface area contributed by atoms with Crippen molar-refractivity contribution < 1.29 is 9.53 Å². The second kappa shape index (κ2) is 5.17. The maximum Gasteiger partial charge on any atom is 0.350 e. The average molecular weight is 278 g/mol. The number of hydrogen-bond acceptors (Lipinski definition) is 5. The number of nitrogen functional groups attached to an aromatic ring is 1. The van der Waals surface area contributed by atoms with Gasteiger partial charge < -0.3 is 10.5 Å². The molecule has 0 atom stereocenters. The predicted octanol–water partition coefficient (Wildman–Crippen LogP) is 3.37. The van der Waals surface area contributed by atoms with Crippen LogP contribution in [-0.2, 0) is 4.74 Å². The normalized spacial score (nSPS) is 10.9. The third-order valence-electron chi connectivity index (χ3n) is 3.30. The van der Waals surface area contributed by atoms with Crippen molar-refractivity contribution in [3.63, 3.8) is 0 Å². The van der Waals surface area contributed by atoms with E-state index in [1.807, 2.05) is 27.7 Å². The first-order chi connectivity index (χ1) is 8.97. The largest absolute Gasteiger partial charge is 0.461 e. The molecule has 0 spiro atoms. The van der Waals surface area contributed by atoms with Crippen molar-refractivity contribution in [2.75, 3.05) is 12.3 Å². The number of fused-ring (bicyclic) bond motifs is 1. The molecule has 0 amide bonds. The van der Waals surface area contributed by atoms with Crippen LogP contribution in [0.2, 0.25) is 0 Å². The van der Waals surface area contributed by atoms with Gasteiger partial charge in [0.25, 0.3) is 0 Å². The van der Waals surface area contributed by atoms with Gasteiger partial charge in [-0.1, -0.05) is 6.92 Å². The smallest absolute Gasteiger partial charge is 0.350 e. The van der Waals surface area contributed by atoms with Crippen LogP contribution in [0.5, 0.6) is 0 Å². The van der Waals surface area contributed by atoms with Crippen LogP contribution in [0.15, 0.2) is 0 Å². The molecule has 2 rings (SSSR count). The van der Waals surface area contributed by atoms with E-state index in [0.29, 0.717) is 17.2 Å². The highest BCUT2D eigenvalue weighted by molar-refractivity contribution is 7.21. The Bertz CT molecular complexity index is 647. The molecule has 102 valence electrons. The standard InChI is InChI=1S/C14H18N2O2S/c1-5-6-18-14(17)12-11(15)10-8(3)7(2)9(4)16-13(10)19-12/h5-6,15H2,1-4H3. The highest BCUT2D eigenvalue weighted by Crippen LogP contribution is 2.36. The van der Waals surface area contributed by atoms with Crippen LogP contribution in [-0.4, -0.2) is 17.6 Å². The number of aromatic nitrogens is 1. The molecule has 0 aliphatic heterocycles. The predicted molar refractivity (Wildman–Crippen MR) is 78.8 cm³/mol. The Morgan fingerprint density at radius 3 is 2.63 bits per heavy atom. The van der Waals surface area contributed by atoms with Crippen molar-refractivity contribution in [2.45, 2.75) is 34.1 Å². The molecule has 19 heavy (non-hydrogen) atoms.